The number of carbonyl (C=O) groups is 1. The van der Waals surface area contributed by atoms with Gasteiger partial charge in [0.2, 0.25) is 0 Å². The maximum atomic E-state index is 13.3. The number of ether oxygens (including phenoxy) is 2. The summed E-state index contributed by atoms with van der Waals surface area (Å²) in [7, 11) is 0. The van der Waals surface area contributed by atoms with Gasteiger partial charge < -0.3 is 15.2 Å². The summed E-state index contributed by atoms with van der Waals surface area (Å²) in [6.07, 6.45) is 0. The maximum Gasteiger partial charge on any atom is 0.340 e. The molecule has 0 atom stereocenters. The molecule has 0 heterocycles. The van der Waals surface area contributed by atoms with E-state index in [-0.39, 0.29) is 12.2 Å². The van der Waals surface area contributed by atoms with Gasteiger partial charge in [-0.2, -0.15) is 0 Å². The number of benzene rings is 2. The summed E-state index contributed by atoms with van der Waals surface area (Å²) in [5.41, 5.74) is 6.24. The predicted octanol–water partition coefficient (Wildman–Crippen LogP) is 4.14. The van der Waals surface area contributed by atoms with Crippen LogP contribution in [0.1, 0.15) is 17.3 Å². The van der Waals surface area contributed by atoms with Gasteiger partial charge in [0.25, 0.3) is 0 Å². The summed E-state index contributed by atoms with van der Waals surface area (Å²) in [6.45, 7) is 1.96. The molecule has 110 valence electrons. The molecule has 0 saturated carbocycles. The zero-order valence-corrected chi connectivity index (χ0v) is 12.8. The van der Waals surface area contributed by atoms with E-state index in [2.05, 4.69) is 15.9 Å². The van der Waals surface area contributed by atoms with Gasteiger partial charge in [-0.3, -0.25) is 0 Å². The molecule has 6 heteroatoms. The smallest absolute Gasteiger partial charge is 0.340 e. The van der Waals surface area contributed by atoms with Crippen LogP contribution in [0.4, 0.5) is 10.1 Å². The Kier molecular flexibility index (Phi) is 4.80. The van der Waals surface area contributed by atoms with E-state index >= 15 is 0 Å². The molecule has 0 fully saturated rings. The summed E-state index contributed by atoms with van der Waals surface area (Å²) in [5, 5.41) is 0. The lowest BCUT2D eigenvalue weighted by molar-refractivity contribution is 0.0527. The van der Waals surface area contributed by atoms with Crippen LogP contribution >= 0.6 is 15.9 Å². The van der Waals surface area contributed by atoms with Gasteiger partial charge in [-0.25, -0.2) is 9.18 Å². The van der Waals surface area contributed by atoms with Gasteiger partial charge in [0.15, 0.2) is 0 Å². The van der Waals surface area contributed by atoms with E-state index in [0.29, 0.717) is 21.7 Å². The van der Waals surface area contributed by atoms with Crippen molar-refractivity contribution in [1.82, 2.24) is 0 Å². The molecule has 0 aromatic heterocycles. The normalized spacial score (nSPS) is 10.2. The minimum absolute atomic E-state index is 0.213. The van der Waals surface area contributed by atoms with E-state index in [9.17, 15) is 9.18 Å². The Morgan fingerprint density at radius 3 is 2.67 bits per heavy atom. The summed E-state index contributed by atoms with van der Waals surface area (Å²) in [5.74, 6) is -0.285. The van der Waals surface area contributed by atoms with E-state index in [1.807, 2.05) is 0 Å². The molecule has 2 N–H and O–H groups in total. The van der Waals surface area contributed by atoms with Gasteiger partial charge in [0.1, 0.15) is 17.3 Å². The molecular formula is C15H13BrFNO3. The number of nitrogen functional groups attached to an aromatic ring is 1. The Balaban J connectivity index is 2.28. The molecule has 4 nitrogen and oxygen atoms in total. The van der Waals surface area contributed by atoms with E-state index in [0.717, 1.165) is 0 Å². The lowest BCUT2D eigenvalue weighted by Crippen LogP contribution is -2.08. The first kappa shape index (κ1) is 15.3. The second-order valence-corrected chi connectivity index (χ2v) is 5.09. The molecule has 0 aliphatic rings. The Hall–Kier alpha value is -2.08. The fourth-order valence-corrected chi connectivity index (χ4v) is 2.15. The number of esters is 1. The lowest BCUT2D eigenvalue weighted by atomic mass is 10.1. The van der Waals surface area contributed by atoms with E-state index in [4.69, 9.17) is 15.2 Å². The summed E-state index contributed by atoms with van der Waals surface area (Å²) < 4.78 is 24.3. The van der Waals surface area contributed by atoms with E-state index in [1.54, 1.807) is 19.1 Å². The second-order valence-electron chi connectivity index (χ2n) is 4.18. The Morgan fingerprint density at radius 2 is 2.00 bits per heavy atom. The lowest BCUT2D eigenvalue weighted by Gasteiger charge is -2.10. The van der Waals surface area contributed by atoms with Crippen LogP contribution < -0.4 is 10.5 Å². The molecule has 0 saturated heterocycles. The van der Waals surface area contributed by atoms with Crippen LogP contribution in [0.3, 0.4) is 0 Å². The van der Waals surface area contributed by atoms with Crippen molar-refractivity contribution in [2.45, 2.75) is 6.92 Å². The van der Waals surface area contributed by atoms with Crippen LogP contribution in [0, 0.1) is 5.82 Å². The quantitative estimate of drug-likeness (QED) is 0.662. The molecule has 0 bridgehead atoms. The molecule has 0 amide bonds. The third-order valence-corrected chi connectivity index (χ3v) is 3.05. The van der Waals surface area contributed by atoms with Crippen LogP contribution in [-0.4, -0.2) is 12.6 Å². The van der Waals surface area contributed by atoms with Crippen LogP contribution in [0.5, 0.6) is 11.5 Å². The molecule has 0 radical (unpaired) electrons. The largest absolute Gasteiger partial charge is 0.462 e. The molecule has 0 spiro atoms. The van der Waals surface area contributed by atoms with Gasteiger partial charge in [-0.05, 0) is 37.3 Å². The van der Waals surface area contributed by atoms with Crippen molar-refractivity contribution in [1.29, 1.82) is 0 Å². The highest BCUT2D eigenvalue weighted by atomic mass is 79.9. The number of nitrogens with two attached hydrogens (primary N) is 1. The first-order valence-electron chi connectivity index (χ1n) is 6.20. The number of halogens is 2. The van der Waals surface area contributed by atoms with Crippen molar-refractivity contribution in [3.63, 3.8) is 0 Å². The highest BCUT2D eigenvalue weighted by Gasteiger charge is 2.12. The summed E-state index contributed by atoms with van der Waals surface area (Å²) in [6, 6.07) is 8.77. The van der Waals surface area contributed by atoms with Crippen molar-refractivity contribution in [3.8, 4) is 11.5 Å². The highest BCUT2D eigenvalue weighted by molar-refractivity contribution is 9.10. The second kappa shape index (κ2) is 6.58. The average molecular weight is 354 g/mol. The number of rotatable bonds is 4. The zero-order chi connectivity index (χ0) is 15.4. The number of hydrogen-bond acceptors (Lipinski definition) is 4. The summed E-state index contributed by atoms with van der Waals surface area (Å²) in [4.78, 5) is 11.8. The zero-order valence-electron chi connectivity index (χ0n) is 11.2. The fraction of sp³-hybridized carbons (Fsp3) is 0.133. The number of hydrogen-bond donors (Lipinski definition) is 1. The topological polar surface area (TPSA) is 61.5 Å². The number of carbonyl (C=O) groups excluding carboxylic acids is 1. The first-order chi connectivity index (χ1) is 9.99. The SMILES string of the molecule is CCOC(=O)c1cc(Oc2cc(F)cc(Br)c2)ccc1N. The monoisotopic (exact) mass is 353 g/mol. The minimum atomic E-state index is -0.527. The standard InChI is InChI=1S/C15H13BrFNO3/c1-2-20-15(19)13-8-11(3-4-14(13)18)21-12-6-9(16)5-10(17)7-12/h3-8H,2,18H2,1H3. The van der Waals surface area contributed by atoms with Crippen LogP contribution in [0.15, 0.2) is 40.9 Å². The molecule has 2 rings (SSSR count). The summed E-state index contributed by atoms with van der Waals surface area (Å²) >= 11 is 3.18. The molecule has 2 aromatic rings. The van der Waals surface area contributed by atoms with Crippen molar-refractivity contribution < 1.29 is 18.7 Å². The molecule has 21 heavy (non-hydrogen) atoms. The third kappa shape index (κ3) is 3.95. The van der Waals surface area contributed by atoms with Gasteiger partial charge in [-0.1, -0.05) is 15.9 Å². The van der Waals surface area contributed by atoms with Gasteiger partial charge >= 0.3 is 5.97 Å². The van der Waals surface area contributed by atoms with Gasteiger partial charge in [0.05, 0.1) is 12.2 Å². The Bertz CT molecular complexity index is 656. The average Bonchev–Trinajstić information content (AvgIpc) is 2.40. The fourth-order valence-electron chi connectivity index (χ4n) is 1.71. The molecule has 0 unspecified atom stereocenters. The van der Waals surface area contributed by atoms with Crippen molar-refractivity contribution in [2.24, 2.45) is 0 Å². The van der Waals surface area contributed by atoms with Crippen LogP contribution in [0.25, 0.3) is 0 Å². The van der Waals surface area contributed by atoms with Gasteiger partial charge in [0, 0.05) is 16.2 Å². The van der Waals surface area contributed by atoms with Crippen LogP contribution in [-0.2, 0) is 4.74 Å². The molecule has 2 aromatic carbocycles. The van der Waals surface area contributed by atoms with Gasteiger partial charge in [-0.15, -0.1) is 0 Å². The molecule has 0 aliphatic heterocycles. The van der Waals surface area contributed by atoms with Crippen molar-refractivity contribution >= 4 is 27.6 Å². The maximum absolute atomic E-state index is 13.3. The van der Waals surface area contributed by atoms with E-state index < -0.39 is 11.8 Å². The first-order valence-corrected chi connectivity index (χ1v) is 6.99. The molecular weight excluding hydrogens is 341 g/mol. The van der Waals surface area contributed by atoms with Crippen molar-refractivity contribution in [2.75, 3.05) is 12.3 Å². The van der Waals surface area contributed by atoms with Crippen LogP contribution in [0.2, 0.25) is 0 Å². The highest BCUT2D eigenvalue weighted by Crippen LogP contribution is 2.28. The Morgan fingerprint density at radius 1 is 1.24 bits per heavy atom. The predicted molar refractivity (Wildman–Crippen MR) is 81.0 cm³/mol. The Labute approximate surface area is 129 Å². The minimum Gasteiger partial charge on any atom is -0.462 e. The molecule has 0 aliphatic carbocycles. The number of anilines is 1. The van der Waals surface area contributed by atoms with Crippen molar-refractivity contribution in [3.05, 3.63) is 52.3 Å². The third-order valence-electron chi connectivity index (χ3n) is 2.59. The van der Waals surface area contributed by atoms with E-state index in [1.165, 1.54) is 24.3 Å².